The second-order valence-electron chi connectivity index (χ2n) is 7.14. The number of carbonyl (C=O) groups excluding carboxylic acids is 1. The molecule has 0 spiro atoms. The summed E-state index contributed by atoms with van der Waals surface area (Å²) in [6.07, 6.45) is 0. The van der Waals surface area contributed by atoms with Crippen molar-refractivity contribution >= 4 is 38.3 Å². The van der Waals surface area contributed by atoms with Crippen LogP contribution in [0.5, 0.6) is 0 Å². The summed E-state index contributed by atoms with van der Waals surface area (Å²) < 4.78 is 1.04. The van der Waals surface area contributed by atoms with E-state index in [0.717, 1.165) is 41.0 Å². The van der Waals surface area contributed by atoms with Crippen LogP contribution in [-0.2, 0) is 0 Å². The number of anilines is 1. The van der Waals surface area contributed by atoms with Crippen molar-refractivity contribution in [2.45, 2.75) is 27.7 Å². The first-order valence-corrected chi connectivity index (χ1v) is 10.8. The standard InChI is InChI=1S/C22H26N4O3S/c1-5-24(6-2)13-14-25(21(27)17-8-10-18(11-9-17)26(28)29)22-23-20-16(4)15(3)7-12-19(20)30-22/h7-12H,5-6,13-14H2,1-4H3. The van der Waals surface area contributed by atoms with Crippen LogP contribution in [0.25, 0.3) is 10.2 Å². The first-order chi connectivity index (χ1) is 14.3. The number of nitro groups is 1. The number of amides is 1. The SMILES string of the molecule is CCN(CC)CCN(C(=O)c1ccc([N+](=O)[O-])cc1)c1nc2c(C)c(C)ccc2s1. The number of non-ortho nitro benzene ring substituents is 1. The van der Waals surface area contributed by atoms with Gasteiger partial charge in [-0.2, -0.15) is 0 Å². The van der Waals surface area contributed by atoms with Crippen LogP contribution in [0.3, 0.4) is 0 Å². The highest BCUT2D eigenvalue weighted by molar-refractivity contribution is 7.22. The van der Waals surface area contributed by atoms with Gasteiger partial charge in [0.15, 0.2) is 5.13 Å². The molecule has 0 aliphatic rings. The average Bonchev–Trinajstić information content (AvgIpc) is 3.18. The Kier molecular flexibility index (Phi) is 6.79. The van der Waals surface area contributed by atoms with Gasteiger partial charge in [-0.25, -0.2) is 4.98 Å². The fraction of sp³-hybridized carbons (Fsp3) is 0.364. The van der Waals surface area contributed by atoms with Crippen molar-refractivity contribution in [3.8, 4) is 0 Å². The maximum Gasteiger partial charge on any atom is 0.269 e. The van der Waals surface area contributed by atoms with Gasteiger partial charge in [0.05, 0.1) is 15.1 Å². The third-order valence-corrected chi connectivity index (χ3v) is 6.45. The molecule has 0 N–H and O–H groups in total. The van der Waals surface area contributed by atoms with Gasteiger partial charge in [-0.1, -0.05) is 31.3 Å². The highest BCUT2D eigenvalue weighted by Crippen LogP contribution is 2.32. The normalized spacial score (nSPS) is 11.2. The van der Waals surface area contributed by atoms with E-state index in [4.69, 9.17) is 4.98 Å². The predicted octanol–water partition coefficient (Wildman–Crippen LogP) is 4.81. The van der Waals surface area contributed by atoms with Crippen molar-refractivity contribution < 1.29 is 9.72 Å². The van der Waals surface area contributed by atoms with Crippen molar-refractivity contribution in [2.75, 3.05) is 31.1 Å². The molecule has 0 radical (unpaired) electrons. The molecule has 0 fully saturated rings. The number of aryl methyl sites for hydroxylation is 2. The molecule has 3 rings (SSSR count). The lowest BCUT2D eigenvalue weighted by Crippen LogP contribution is -2.38. The Hall–Kier alpha value is -2.84. The monoisotopic (exact) mass is 426 g/mol. The zero-order chi connectivity index (χ0) is 21.8. The maximum absolute atomic E-state index is 13.3. The predicted molar refractivity (Wildman–Crippen MR) is 122 cm³/mol. The fourth-order valence-electron chi connectivity index (χ4n) is 3.28. The molecule has 0 aliphatic carbocycles. The number of carbonyl (C=O) groups is 1. The van der Waals surface area contributed by atoms with Crippen molar-refractivity contribution in [3.63, 3.8) is 0 Å². The lowest BCUT2D eigenvalue weighted by molar-refractivity contribution is -0.384. The van der Waals surface area contributed by atoms with Gasteiger partial charge in [-0.15, -0.1) is 0 Å². The Morgan fingerprint density at radius 1 is 1.07 bits per heavy atom. The van der Waals surface area contributed by atoms with Gasteiger partial charge in [0, 0.05) is 30.8 Å². The molecule has 0 atom stereocenters. The van der Waals surface area contributed by atoms with Gasteiger partial charge in [0.25, 0.3) is 11.6 Å². The second-order valence-corrected chi connectivity index (χ2v) is 8.15. The Balaban J connectivity index is 1.98. The van der Waals surface area contributed by atoms with E-state index in [0.29, 0.717) is 17.2 Å². The largest absolute Gasteiger partial charge is 0.302 e. The summed E-state index contributed by atoms with van der Waals surface area (Å²) in [5, 5.41) is 11.6. The van der Waals surface area contributed by atoms with Gasteiger partial charge in [-0.3, -0.25) is 19.8 Å². The van der Waals surface area contributed by atoms with Crippen LogP contribution in [0.1, 0.15) is 35.3 Å². The van der Waals surface area contributed by atoms with Crippen molar-refractivity contribution in [1.29, 1.82) is 0 Å². The second kappa shape index (κ2) is 9.32. The summed E-state index contributed by atoms with van der Waals surface area (Å²) in [4.78, 5) is 32.6. The molecule has 158 valence electrons. The zero-order valence-corrected chi connectivity index (χ0v) is 18.5. The highest BCUT2D eigenvalue weighted by atomic mass is 32.1. The molecular weight excluding hydrogens is 400 g/mol. The molecule has 7 nitrogen and oxygen atoms in total. The Morgan fingerprint density at radius 3 is 2.33 bits per heavy atom. The number of rotatable bonds is 8. The highest BCUT2D eigenvalue weighted by Gasteiger charge is 2.23. The summed E-state index contributed by atoms with van der Waals surface area (Å²) in [7, 11) is 0. The van der Waals surface area contributed by atoms with Crippen LogP contribution >= 0.6 is 11.3 Å². The van der Waals surface area contributed by atoms with E-state index in [1.165, 1.54) is 35.6 Å². The molecule has 2 aromatic carbocycles. The number of likely N-dealkylation sites (N-methyl/N-ethyl adjacent to an activating group) is 1. The average molecular weight is 427 g/mol. The minimum atomic E-state index is -0.467. The summed E-state index contributed by atoms with van der Waals surface area (Å²) in [5.74, 6) is -0.203. The molecule has 1 aromatic heterocycles. The lowest BCUT2D eigenvalue weighted by Gasteiger charge is -2.24. The molecule has 30 heavy (non-hydrogen) atoms. The lowest BCUT2D eigenvalue weighted by atomic mass is 10.1. The molecule has 0 aliphatic heterocycles. The zero-order valence-electron chi connectivity index (χ0n) is 17.7. The molecule has 1 heterocycles. The number of hydrogen-bond donors (Lipinski definition) is 0. The topological polar surface area (TPSA) is 79.6 Å². The molecule has 1 amide bonds. The van der Waals surface area contributed by atoms with Crippen LogP contribution in [0, 0.1) is 24.0 Å². The van der Waals surface area contributed by atoms with Gasteiger partial charge in [0.2, 0.25) is 0 Å². The first kappa shape index (κ1) is 21.9. The maximum atomic E-state index is 13.3. The fourth-order valence-corrected chi connectivity index (χ4v) is 4.33. The van der Waals surface area contributed by atoms with Gasteiger partial charge in [-0.05, 0) is 56.3 Å². The summed E-state index contributed by atoms with van der Waals surface area (Å²) in [5.41, 5.74) is 3.57. The summed E-state index contributed by atoms with van der Waals surface area (Å²) in [6, 6.07) is 9.85. The molecule has 0 unspecified atom stereocenters. The van der Waals surface area contributed by atoms with E-state index in [2.05, 4.69) is 24.8 Å². The number of nitrogens with zero attached hydrogens (tertiary/aromatic N) is 4. The summed E-state index contributed by atoms with van der Waals surface area (Å²) in [6.45, 7) is 11.3. The molecule has 0 bridgehead atoms. The molecule has 0 saturated carbocycles. The number of benzene rings is 2. The third-order valence-electron chi connectivity index (χ3n) is 5.41. The van der Waals surface area contributed by atoms with E-state index in [1.54, 1.807) is 4.90 Å². The van der Waals surface area contributed by atoms with E-state index in [-0.39, 0.29) is 11.6 Å². The van der Waals surface area contributed by atoms with Gasteiger partial charge in [0.1, 0.15) is 0 Å². The number of fused-ring (bicyclic) bond motifs is 1. The van der Waals surface area contributed by atoms with E-state index < -0.39 is 4.92 Å². The van der Waals surface area contributed by atoms with Crippen molar-refractivity contribution in [3.05, 3.63) is 63.2 Å². The molecular formula is C22H26N4O3S. The van der Waals surface area contributed by atoms with Crippen LogP contribution in [0.4, 0.5) is 10.8 Å². The molecule has 0 saturated heterocycles. The van der Waals surface area contributed by atoms with Crippen LogP contribution < -0.4 is 4.90 Å². The Bertz CT molecular complexity index is 1060. The number of hydrogen-bond acceptors (Lipinski definition) is 6. The van der Waals surface area contributed by atoms with Crippen LogP contribution in [-0.4, -0.2) is 46.9 Å². The number of nitro benzene ring substituents is 1. The third kappa shape index (κ3) is 4.49. The van der Waals surface area contributed by atoms with E-state index in [9.17, 15) is 14.9 Å². The summed E-state index contributed by atoms with van der Waals surface area (Å²) >= 11 is 1.49. The minimum absolute atomic E-state index is 0.0349. The van der Waals surface area contributed by atoms with Gasteiger partial charge >= 0.3 is 0 Å². The molecule has 8 heteroatoms. The van der Waals surface area contributed by atoms with Crippen LogP contribution in [0.15, 0.2) is 36.4 Å². The smallest absolute Gasteiger partial charge is 0.269 e. The van der Waals surface area contributed by atoms with Crippen molar-refractivity contribution in [1.82, 2.24) is 9.88 Å². The Morgan fingerprint density at radius 2 is 1.73 bits per heavy atom. The Labute approximate surface area is 180 Å². The van der Waals surface area contributed by atoms with E-state index in [1.807, 2.05) is 19.9 Å². The number of thiazole rings is 1. The van der Waals surface area contributed by atoms with Crippen LogP contribution in [0.2, 0.25) is 0 Å². The first-order valence-electron chi connectivity index (χ1n) is 10.0. The molecule has 3 aromatic rings. The van der Waals surface area contributed by atoms with Crippen molar-refractivity contribution in [2.24, 2.45) is 0 Å². The van der Waals surface area contributed by atoms with E-state index >= 15 is 0 Å². The van der Waals surface area contributed by atoms with Gasteiger partial charge < -0.3 is 4.90 Å². The minimum Gasteiger partial charge on any atom is -0.302 e. The number of aromatic nitrogens is 1. The quantitative estimate of drug-likeness (QED) is 0.381.